The molecule has 4 nitrogen and oxygen atoms in total. The quantitative estimate of drug-likeness (QED) is 0.779. The molecule has 0 bridgehead atoms. The lowest BCUT2D eigenvalue weighted by Crippen LogP contribution is -1.98. The van der Waals surface area contributed by atoms with E-state index < -0.39 is 10.1 Å². The number of benzene rings is 1. The SMILES string of the molecule is N#Cc1cc(Br)cc(S(=O)(=O)O)c1. The van der Waals surface area contributed by atoms with E-state index in [-0.39, 0.29) is 10.5 Å². The molecule has 0 spiro atoms. The first kappa shape index (κ1) is 10.2. The van der Waals surface area contributed by atoms with Crippen LogP contribution in [0.1, 0.15) is 5.56 Å². The molecule has 1 aromatic carbocycles. The minimum atomic E-state index is -4.24. The molecule has 0 heterocycles. The monoisotopic (exact) mass is 261 g/mol. The summed E-state index contributed by atoms with van der Waals surface area (Å²) in [4.78, 5) is -0.293. The van der Waals surface area contributed by atoms with Crippen LogP contribution in [0.4, 0.5) is 0 Å². The Labute approximate surface area is 83.7 Å². The molecule has 0 aliphatic carbocycles. The van der Waals surface area contributed by atoms with E-state index in [1.807, 2.05) is 0 Å². The van der Waals surface area contributed by atoms with Crippen LogP contribution in [-0.4, -0.2) is 13.0 Å². The van der Waals surface area contributed by atoms with Crippen molar-refractivity contribution in [2.45, 2.75) is 4.90 Å². The maximum atomic E-state index is 10.7. The molecule has 1 aromatic rings. The maximum absolute atomic E-state index is 10.7. The average molecular weight is 262 g/mol. The van der Waals surface area contributed by atoms with Crippen LogP contribution in [0.3, 0.4) is 0 Å². The highest BCUT2D eigenvalue weighted by Crippen LogP contribution is 2.18. The second-order valence-corrected chi connectivity index (χ2v) is 4.60. The lowest BCUT2D eigenvalue weighted by molar-refractivity contribution is 0.483. The second-order valence-electron chi connectivity index (χ2n) is 2.26. The second kappa shape index (κ2) is 3.46. The van der Waals surface area contributed by atoms with Crippen molar-refractivity contribution < 1.29 is 13.0 Å². The first-order valence-electron chi connectivity index (χ1n) is 3.11. The van der Waals surface area contributed by atoms with Crippen molar-refractivity contribution in [2.24, 2.45) is 0 Å². The Morgan fingerprint density at radius 1 is 1.38 bits per heavy atom. The summed E-state index contributed by atoms with van der Waals surface area (Å²) in [6, 6.07) is 5.54. The topological polar surface area (TPSA) is 78.2 Å². The van der Waals surface area contributed by atoms with Crippen molar-refractivity contribution in [3.8, 4) is 6.07 Å². The van der Waals surface area contributed by atoms with Gasteiger partial charge >= 0.3 is 0 Å². The van der Waals surface area contributed by atoms with E-state index in [0.717, 1.165) is 6.07 Å². The molecule has 0 aliphatic rings. The van der Waals surface area contributed by atoms with E-state index in [2.05, 4.69) is 15.9 Å². The van der Waals surface area contributed by atoms with Gasteiger partial charge in [0, 0.05) is 4.47 Å². The Hall–Kier alpha value is -0.900. The average Bonchev–Trinajstić information content (AvgIpc) is 2.01. The van der Waals surface area contributed by atoms with Gasteiger partial charge in [-0.25, -0.2) is 0 Å². The zero-order valence-electron chi connectivity index (χ0n) is 6.23. The summed E-state index contributed by atoms with van der Waals surface area (Å²) in [7, 11) is -4.24. The van der Waals surface area contributed by atoms with Gasteiger partial charge in [0.2, 0.25) is 0 Å². The van der Waals surface area contributed by atoms with Crippen LogP contribution in [-0.2, 0) is 10.1 Å². The van der Waals surface area contributed by atoms with Crippen LogP contribution in [0.15, 0.2) is 27.6 Å². The summed E-state index contributed by atoms with van der Waals surface area (Å²) >= 11 is 3.02. The predicted molar refractivity (Wildman–Crippen MR) is 48.7 cm³/mol. The number of rotatable bonds is 1. The Balaban J connectivity index is 3.44. The predicted octanol–water partition coefficient (Wildman–Crippen LogP) is 1.57. The summed E-state index contributed by atoms with van der Waals surface area (Å²) in [5, 5.41) is 8.50. The van der Waals surface area contributed by atoms with Crippen molar-refractivity contribution >= 4 is 26.0 Å². The third-order valence-corrected chi connectivity index (χ3v) is 2.59. The molecule has 0 amide bonds. The van der Waals surface area contributed by atoms with Crippen LogP contribution < -0.4 is 0 Å². The molecule has 13 heavy (non-hydrogen) atoms. The molecule has 68 valence electrons. The zero-order chi connectivity index (χ0) is 10.1. The van der Waals surface area contributed by atoms with E-state index in [4.69, 9.17) is 9.81 Å². The smallest absolute Gasteiger partial charge is 0.282 e. The van der Waals surface area contributed by atoms with Crippen LogP contribution in [0.5, 0.6) is 0 Å². The highest BCUT2D eigenvalue weighted by molar-refractivity contribution is 9.10. The van der Waals surface area contributed by atoms with Crippen molar-refractivity contribution in [1.82, 2.24) is 0 Å². The lowest BCUT2D eigenvalue weighted by atomic mass is 10.2. The molecular weight excluding hydrogens is 258 g/mol. The highest BCUT2D eigenvalue weighted by atomic mass is 79.9. The molecule has 0 fully saturated rings. The molecular formula is C7H4BrNO3S. The van der Waals surface area contributed by atoms with Crippen LogP contribution in [0, 0.1) is 11.3 Å². The maximum Gasteiger partial charge on any atom is 0.294 e. The molecule has 0 atom stereocenters. The van der Waals surface area contributed by atoms with Gasteiger partial charge in [0.05, 0.1) is 16.5 Å². The standard InChI is InChI=1S/C7H4BrNO3S/c8-6-1-5(4-9)2-7(3-6)13(10,11)12/h1-3H,(H,10,11,12). The molecule has 0 aromatic heterocycles. The first-order chi connectivity index (χ1) is 5.93. The van der Waals surface area contributed by atoms with Gasteiger partial charge in [-0.3, -0.25) is 4.55 Å². The molecule has 0 radical (unpaired) electrons. The third kappa shape index (κ3) is 2.52. The van der Waals surface area contributed by atoms with E-state index in [0.29, 0.717) is 4.47 Å². The normalized spacial score (nSPS) is 10.8. The van der Waals surface area contributed by atoms with E-state index >= 15 is 0 Å². The van der Waals surface area contributed by atoms with E-state index in [1.165, 1.54) is 12.1 Å². The molecule has 6 heteroatoms. The summed E-state index contributed by atoms with van der Waals surface area (Å²) in [6.45, 7) is 0. The van der Waals surface area contributed by atoms with Gasteiger partial charge in [0.15, 0.2) is 0 Å². The van der Waals surface area contributed by atoms with Crippen molar-refractivity contribution in [1.29, 1.82) is 5.26 Å². The summed E-state index contributed by atoms with van der Waals surface area (Å²) < 4.78 is 30.5. The number of hydrogen-bond donors (Lipinski definition) is 1. The molecule has 1 rings (SSSR count). The Kier molecular flexibility index (Phi) is 2.71. The van der Waals surface area contributed by atoms with Crippen LogP contribution in [0.25, 0.3) is 0 Å². The minimum absolute atomic E-state index is 0.169. The molecule has 0 aliphatic heterocycles. The molecule has 0 unspecified atom stereocenters. The van der Waals surface area contributed by atoms with Gasteiger partial charge in [0.25, 0.3) is 10.1 Å². The van der Waals surface area contributed by atoms with Gasteiger partial charge in [0.1, 0.15) is 0 Å². The van der Waals surface area contributed by atoms with Crippen LogP contribution in [0.2, 0.25) is 0 Å². The molecule has 0 saturated heterocycles. The van der Waals surface area contributed by atoms with Gasteiger partial charge in [-0.1, -0.05) is 15.9 Å². The Bertz CT molecular complexity index is 475. The number of nitriles is 1. The van der Waals surface area contributed by atoms with Crippen LogP contribution >= 0.6 is 15.9 Å². The first-order valence-corrected chi connectivity index (χ1v) is 5.35. The van der Waals surface area contributed by atoms with Gasteiger partial charge in [-0.2, -0.15) is 13.7 Å². The van der Waals surface area contributed by atoms with Crippen molar-refractivity contribution in [2.75, 3.05) is 0 Å². The minimum Gasteiger partial charge on any atom is -0.282 e. The summed E-state index contributed by atoms with van der Waals surface area (Å²) in [5.41, 5.74) is 0.169. The fourth-order valence-corrected chi connectivity index (χ4v) is 1.97. The Morgan fingerprint density at radius 3 is 2.46 bits per heavy atom. The van der Waals surface area contributed by atoms with E-state index in [9.17, 15) is 8.42 Å². The fourth-order valence-electron chi connectivity index (χ4n) is 0.776. The highest BCUT2D eigenvalue weighted by Gasteiger charge is 2.11. The van der Waals surface area contributed by atoms with Crippen molar-refractivity contribution in [3.05, 3.63) is 28.2 Å². The zero-order valence-corrected chi connectivity index (χ0v) is 8.63. The summed E-state index contributed by atoms with van der Waals surface area (Å²) in [5.74, 6) is 0. The molecule has 1 N–H and O–H groups in total. The lowest BCUT2D eigenvalue weighted by Gasteiger charge is -1.98. The summed E-state index contributed by atoms with van der Waals surface area (Å²) in [6.07, 6.45) is 0. The third-order valence-electron chi connectivity index (χ3n) is 1.30. The molecule has 0 saturated carbocycles. The number of halogens is 1. The number of hydrogen-bond acceptors (Lipinski definition) is 3. The van der Waals surface area contributed by atoms with E-state index in [1.54, 1.807) is 6.07 Å². The van der Waals surface area contributed by atoms with Crippen molar-refractivity contribution in [3.63, 3.8) is 0 Å². The van der Waals surface area contributed by atoms with Gasteiger partial charge in [-0.05, 0) is 18.2 Å². The van der Waals surface area contributed by atoms with Gasteiger partial charge in [-0.15, -0.1) is 0 Å². The Morgan fingerprint density at radius 2 is 2.00 bits per heavy atom. The van der Waals surface area contributed by atoms with Gasteiger partial charge < -0.3 is 0 Å². The number of nitrogens with zero attached hydrogens (tertiary/aromatic N) is 1. The largest absolute Gasteiger partial charge is 0.294 e. The fraction of sp³-hybridized carbons (Fsp3) is 0.